The molecule has 3 fully saturated rings. The van der Waals surface area contributed by atoms with Crippen molar-refractivity contribution in [1.82, 2.24) is 20.3 Å². The number of nitrogens with zero attached hydrogens (tertiary/aromatic N) is 3. The Balaban J connectivity index is 1.31. The molecule has 28 heavy (non-hydrogen) atoms. The molecule has 1 aromatic carbocycles. The van der Waals surface area contributed by atoms with Crippen LogP contribution >= 0.6 is 0 Å². The van der Waals surface area contributed by atoms with Crippen LogP contribution in [-0.2, 0) is 24.4 Å². The predicted molar refractivity (Wildman–Crippen MR) is 106 cm³/mol. The van der Waals surface area contributed by atoms with Gasteiger partial charge in [0.05, 0.1) is 45.8 Å². The van der Waals surface area contributed by atoms with Gasteiger partial charge in [-0.05, 0) is 11.5 Å². The van der Waals surface area contributed by atoms with Crippen molar-refractivity contribution in [3.05, 3.63) is 47.8 Å². The average Bonchev–Trinajstić information content (AvgIpc) is 3.13. The highest BCUT2D eigenvalue weighted by Gasteiger charge is 2.46. The van der Waals surface area contributed by atoms with E-state index >= 15 is 0 Å². The van der Waals surface area contributed by atoms with E-state index in [9.17, 15) is 4.79 Å². The Hall–Kier alpha value is -2.25. The average molecular weight is 385 g/mol. The highest BCUT2D eigenvalue weighted by atomic mass is 16.1. The lowest BCUT2D eigenvalue weighted by Gasteiger charge is -2.46. The van der Waals surface area contributed by atoms with E-state index in [0.29, 0.717) is 18.5 Å². The highest BCUT2D eigenvalue weighted by molar-refractivity contribution is 5.79. The Morgan fingerprint density at radius 2 is 2.14 bits per heavy atom. The van der Waals surface area contributed by atoms with E-state index in [1.807, 2.05) is 22.9 Å². The first-order chi connectivity index (χ1) is 13.6. The summed E-state index contributed by atoms with van der Waals surface area (Å²) in [5, 5.41) is 11.8. The highest BCUT2D eigenvalue weighted by Crippen LogP contribution is 2.27. The molecule has 7 nitrogen and oxygen atoms in total. The summed E-state index contributed by atoms with van der Waals surface area (Å²) in [4.78, 5) is 15.7. The van der Waals surface area contributed by atoms with E-state index in [0.717, 1.165) is 43.7 Å². The number of quaternary nitrogens is 2. The first-order valence-electron chi connectivity index (χ1n) is 10.4. The van der Waals surface area contributed by atoms with Gasteiger partial charge in [-0.25, -0.2) is 4.68 Å². The van der Waals surface area contributed by atoms with Gasteiger partial charge in [-0.3, -0.25) is 4.79 Å². The summed E-state index contributed by atoms with van der Waals surface area (Å²) in [6.45, 7) is 4.53. The molecule has 1 amide bonds. The number of aromatic nitrogens is 3. The van der Waals surface area contributed by atoms with Crippen LogP contribution in [0.2, 0.25) is 0 Å². The zero-order valence-corrected chi connectivity index (χ0v) is 16.9. The van der Waals surface area contributed by atoms with Crippen molar-refractivity contribution in [2.45, 2.75) is 38.5 Å². The monoisotopic (exact) mass is 384 g/mol. The number of carbonyl (C=O) groups excluding carboxylic acids is 1. The fourth-order valence-corrected chi connectivity index (χ4v) is 4.83. The first kappa shape index (κ1) is 19.1. The van der Waals surface area contributed by atoms with Crippen molar-refractivity contribution in [2.75, 3.05) is 27.2 Å². The van der Waals surface area contributed by atoms with Crippen LogP contribution in [0.4, 0.5) is 0 Å². The minimum Gasteiger partial charge on any atom is -0.352 e. The summed E-state index contributed by atoms with van der Waals surface area (Å²) in [5.41, 5.74) is 2.20. The summed E-state index contributed by atoms with van der Waals surface area (Å²) < 4.78 is 2.00. The molecular formula is C21H32N6O+2. The maximum absolute atomic E-state index is 12.8. The SMILES string of the molecule is C[NH+](C)Cc1cn(C[C@H]2C[C@@H]3CC[NH+]2C[C@@H]3C(=O)NCc2ccccc2)nn1. The van der Waals surface area contributed by atoms with Gasteiger partial charge in [0.25, 0.3) is 0 Å². The van der Waals surface area contributed by atoms with E-state index < -0.39 is 0 Å². The summed E-state index contributed by atoms with van der Waals surface area (Å²) in [6.07, 6.45) is 4.34. The van der Waals surface area contributed by atoms with Gasteiger partial charge >= 0.3 is 0 Å². The van der Waals surface area contributed by atoms with Crippen molar-refractivity contribution in [3.8, 4) is 0 Å². The van der Waals surface area contributed by atoms with Crippen LogP contribution in [-0.4, -0.2) is 54.1 Å². The second-order valence-electron chi connectivity index (χ2n) is 8.72. The van der Waals surface area contributed by atoms with Crippen LogP contribution in [0.5, 0.6) is 0 Å². The Morgan fingerprint density at radius 3 is 2.86 bits per heavy atom. The van der Waals surface area contributed by atoms with Crippen LogP contribution in [0.1, 0.15) is 24.1 Å². The molecule has 4 atom stereocenters. The van der Waals surface area contributed by atoms with Gasteiger partial charge in [-0.2, -0.15) is 0 Å². The molecule has 2 aromatic rings. The van der Waals surface area contributed by atoms with Crippen LogP contribution in [0, 0.1) is 11.8 Å². The molecule has 3 N–H and O–H groups in total. The number of hydrogen-bond acceptors (Lipinski definition) is 3. The van der Waals surface area contributed by atoms with Crippen molar-refractivity contribution >= 4 is 5.91 Å². The van der Waals surface area contributed by atoms with E-state index in [-0.39, 0.29) is 11.8 Å². The lowest BCUT2D eigenvalue weighted by Crippen LogP contribution is -3.20. The normalized spacial score (nSPS) is 26.5. The molecule has 7 heteroatoms. The number of amides is 1. The molecule has 5 rings (SSSR count). The second kappa shape index (κ2) is 8.41. The van der Waals surface area contributed by atoms with Gasteiger partial charge in [0.2, 0.25) is 5.91 Å². The molecular weight excluding hydrogens is 352 g/mol. The standard InChI is InChI=1S/C21H30N6O/c1-25(2)12-18-13-27(24-23-18)14-19-10-17-8-9-26(19)15-20(17)21(28)22-11-16-6-4-3-5-7-16/h3-7,13,17,19-20H,8-12,14-15H2,1-2H3,(H,22,28)/p+2/t17-,19+,20-/m0/s1. The Labute approximate surface area is 166 Å². The Kier molecular flexibility index (Phi) is 5.73. The summed E-state index contributed by atoms with van der Waals surface area (Å²) in [5.74, 6) is 0.862. The number of hydrogen-bond donors (Lipinski definition) is 3. The van der Waals surface area contributed by atoms with Crippen LogP contribution < -0.4 is 15.1 Å². The smallest absolute Gasteiger partial charge is 0.229 e. The fraction of sp³-hybridized carbons (Fsp3) is 0.571. The third kappa shape index (κ3) is 4.42. The number of fused-ring (bicyclic) bond motifs is 3. The summed E-state index contributed by atoms with van der Waals surface area (Å²) in [6, 6.07) is 10.7. The molecule has 150 valence electrons. The zero-order chi connectivity index (χ0) is 19.5. The lowest BCUT2D eigenvalue weighted by atomic mass is 9.75. The third-order valence-electron chi connectivity index (χ3n) is 6.23. The Bertz CT molecular complexity index is 789. The largest absolute Gasteiger partial charge is 0.352 e. The number of nitrogens with one attached hydrogen (secondary N) is 3. The van der Waals surface area contributed by atoms with Gasteiger partial charge in [-0.15, -0.1) is 5.10 Å². The maximum Gasteiger partial charge on any atom is 0.229 e. The van der Waals surface area contributed by atoms with E-state index in [1.54, 1.807) is 4.90 Å². The van der Waals surface area contributed by atoms with Gasteiger partial charge in [0, 0.05) is 19.4 Å². The van der Waals surface area contributed by atoms with Crippen LogP contribution in [0.3, 0.4) is 0 Å². The minimum atomic E-state index is 0.146. The minimum absolute atomic E-state index is 0.146. The lowest BCUT2D eigenvalue weighted by molar-refractivity contribution is -0.945. The molecule has 1 aromatic heterocycles. The number of benzene rings is 1. The number of piperidine rings is 3. The van der Waals surface area contributed by atoms with E-state index in [4.69, 9.17) is 0 Å². The molecule has 1 unspecified atom stereocenters. The quantitative estimate of drug-likeness (QED) is 0.546. The van der Waals surface area contributed by atoms with Crippen LogP contribution in [0.15, 0.2) is 36.5 Å². The van der Waals surface area contributed by atoms with Crippen molar-refractivity contribution < 1.29 is 14.6 Å². The molecule has 2 bridgehead atoms. The second-order valence-corrected chi connectivity index (χ2v) is 8.72. The molecule has 0 radical (unpaired) electrons. The zero-order valence-electron chi connectivity index (χ0n) is 16.9. The van der Waals surface area contributed by atoms with Gasteiger partial charge < -0.3 is 15.1 Å². The molecule has 3 aliphatic rings. The van der Waals surface area contributed by atoms with Gasteiger partial charge in [0.1, 0.15) is 18.3 Å². The molecule has 0 spiro atoms. The van der Waals surface area contributed by atoms with Crippen molar-refractivity contribution in [3.63, 3.8) is 0 Å². The van der Waals surface area contributed by atoms with Gasteiger partial charge in [-0.1, -0.05) is 35.5 Å². The number of rotatable bonds is 7. The number of carbonyl (C=O) groups is 1. The van der Waals surface area contributed by atoms with E-state index in [1.165, 1.54) is 11.4 Å². The first-order valence-corrected chi connectivity index (χ1v) is 10.4. The van der Waals surface area contributed by atoms with Crippen molar-refractivity contribution in [1.29, 1.82) is 0 Å². The summed E-state index contributed by atoms with van der Waals surface area (Å²) in [7, 11) is 4.25. The predicted octanol–water partition coefficient (Wildman–Crippen LogP) is -1.47. The van der Waals surface area contributed by atoms with Gasteiger partial charge in [0.15, 0.2) is 0 Å². The molecule has 3 saturated heterocycles. The maximum atomic E-state index is 12.8. The van der Waals surface area contributed by atoms with Crippen LogP contribution in [0.25, 0.3) is 0 Å². The summed E-state index contributed by atoms with van der Waals surface area (Å²) >= 11 is 0. The third-order valence-corrected chi connectivity index (χ3v) is 6.23. The Morgan fingerprint density at radius 1 is 1.32 bits per heavy atom. The topological polar surface area (TPSA) is 68.7 Å². The fourth-order valence-electron chi connectivity index (χ4n) is 4.83. The molecule has 3 aliphatic heterocycles. The van der Waals surface area contributed by atoms with E-state index in [2.05, 4.69) is 48.1 Å². The molecule has 0 aliphatic carbocycles. The molecule has 0 saturated carbocycles. The molecule has 4 heterocycles. The van der Waals surface area contributed by atoms with Crippen molar-refractivity contribution in [2.24, 2.45) is 11.8 Å².